The smallest absolute Gasteiger partial charge is 0.193 e. The van der Waals surface area contributed by atoms with E-state index in [1.807, 2.05) is 0 Å². The van der Waals surface area contributed by atoms with Crippen LogP contribution >= 0.6 is 12.4 Å². The minimum absolute atomic E-state index is 0. The normalized spacial score (nSPS) is 10.1. The molecule has 0 fully saturated rings. The molecule has 3 nitrogen and oxygen atoms in total. The molecule has 0 atom stereocenters. The van der Waals surface area contributed by atoms with E-state index >= 15 is 0 Å². The lowest BCUT2D eigenvalue weighted by Crippen LogP contribution is -2.13. The molecule has 0 aliphatic heterocycles. The minimum atomic E-state index is -0.458. The monoisotopic (exact) mass is 312 g/mol. The van der Waals surface area contributed by atoms with Crippen LogP contribution in [0.15, 0.2) is 36.4 Å². The van der Waals surface area contributed by atoms with Crippen LogP contribution < -0.4 is 11.5 Å². The van der Waals surface area contributed by atoms with Gasteiger partial charge in [-0.15, -0.1) is 12.4 Å². The zero-order chi connectivity index (χ0) is 14.7. The average molecular weight is 313 g/mol. The van der Waals surface area contributed by atoms with Crippen LogP contribution in [0.25, 0.3) is 0 Å². The first-order valence-electron chi connectivity index (χ1n) is 6.08. The summed E-state index contributed by atoms with van der Waals surface area (Å²) in [7, 11) is 0. The number of carbonyl (C=O) groups excluding carboxylic acids is 1. The molecule has 0 heterocycles. The van der Waals surface area contributed by atoms with E-state index in [1.54, 1.807) is 0 Å². The molecule has 0 saturated carbocycles. The van der Waals surface area contributed by atoms with Crippen molar-refractivity contribution in [3.63, 3.8) is 0 Å². The van der Waals surface area contributed by atoms with E-state index in [2.05, 4.69) is 0 Å². The molecule has 0 radical (unpaired) electrons. The van der Waals surface area contributed by atoms with Gasteiger partial charge in [-0.2, -0.15) is 0 Å². The molecule has 0 aliphatic carbocycles. The molecule has 4 N–H and O–H groups in total. The van der Waals surface area contributed by atoms with Gasteiger partial charge >= 0.3 is 0 Å². The van der Waals surface area contributed by atoms with Crippen molar-refractivity contribution < 1.29 is 13.6 Å². The maximum Gasteiger partial charge on any atom is 0.193 e. The summed E-state index contributed by atoms with van der Waals surface area (Å²) in [4.78, 5) is 12.5. The van der Waals surface area contributed by atoms with E-state index in [1.165, 1.54) is 36.4 Å². The SMILES string of the molecule is Cl.NCc1cc(F)ccc1C(=O)c1ccc(F)cc1CN. The van der Waals surface area contributed by atoms with Crippen LogP contribution in [0.1, 0.15) is 27.0 Å². The van der Waals surface area contributed by atoms with Gasteiger partial charge in [-0.25, -0.2) is 8.78 Å². The lowest BCUT2D eigenvalue weighted by Gasteiger charge is -2.10. The molecule has 2 rings (SSSR count). The highest BCUT2D eigenvalue weighted by molar-refractivity contribution is 6.10. The first-order chi connectivity index (χ1) is 9.56. The highest BCUT2D eigenvalue weighted by Crippen LogP contribution is 2.19. The predicted octanol–water partition coefficient (Wildman–Crippen LogP) is 2.54. The lowest BCUT2D eigenvalue weighted by atomic mass is 9.95. The van der Waals surface area contributed by atoms with Crippen LogP contribution in [0, 0.1) is 11.6 Å². The first kappa shape index (κ1) is 17.2. The molecule has 0 spiro atoms. The zero-order valence-electron chi connectivity index (χ0n) is 11.1. The zero-order valence-corrected chi connectivity index (χ0v) is 11.9. The summed E-state index contributed by atoms with van der Waals surface area (Å²) in [5.74, 6) is -1.26. The summed E-state index contributed by atoms with van der Waals surface area (Å²) < 4.78 is 26.3. The van der Waals surface area contributed by atoms with Crippen molar-refractivity contribution in [2.24, 2.45) is 11.5 Å². The van der Waals surface area contributed by atoms with E-state index < -0.39 is 11.6 Å². The van der Waals surface area contributed by atoms with Crippen LogP contribution in [0.2, 0.25) is 0 Å². The highest BCUT2D eigenvalue weighted by Gasteiger charge is 2.17. The number of ketones is 1. The Morgan fingerprint density at radius 3 is 1.57 bits per heavy atom. The largest absolute Gasteiger partial charge is 0.326 e. The van der Waals surface area contributed by atoms with Crippen LogP contribution in [0.5, 0.6) is 0 Å². The van der Waals surface area contributed by atoms with Crippen molar-refractivity contribution in [2.75, 3.05) is 0 Å². The lowest BCUT2D eigenvalue weighted by molar-refractivity contribution is 0.103. The Labute approximate surface area is 127 Å². The van der Waals surface area contributed by atoms with Crippen molar-refractivity contribution in [3.8, 4) is 0 Å². The summed E-state index contributed by atoms with van der Waals surface area (Å²) in [6.45, 7) is 0.0793. The Bertz CT molecular complexity index is 607. The number of hydrogen-bond donors (Lipinski definition) is 2. The van der Waals surface area contributed by atoms with E-state index in [0.717, 1.165) is 0 Å². The molecule has 6 heteroatoms. The van der Waals surface area contributed by atoms with Gasteiger partial charge in [-0.1, -0.05) is 0 Å². The molecule has 21 heavy (non-hydrogen) atoms. The molecule has 112 valence electrons. The Kier molecular flexibility index (Phi) is 5.96. The third kappa shape index (κ3) is 3.64. The third-order valence-corrected chi connectivity index (χ3v) is 3.06. The molecule has 0 aliphatic rings. The van der Waals surface area contributed by atoms with Gasteiger partial charge in [0.15, 0.2) is 5.78 Å². The number of rotatable bonds is 4. The summed E-state index contributed by atoms with van der Waals surface area (Å²) >= 11 is 0. The number of nitrogens with two attached hydrogens (primary N) is 2. The molecular weight excluding hydrogens is 298 g/mol. The molecular formula is C15H15ClF2N2O. The Hall–Kier alpha value is -1.82. The fraction of sp³-hybridized carbons (Fsp3) is 0.133. The fourth-order valence-corrected chi connectivity index (χ4v) is 2.05. The van der Waals surface area contributed by atoms with Gasteiger partial charge in [0.2, 0.25) is 0 Å². The van der Waals surface area contributed by atoms with Crippen molar-refractivity contribution in [2.45, 2.75) is 13.1 Å². The van der Waals surface area contributed by atoms with E-state index in [9.17, 15) is 13.6 Å². The van der Waals surface area contributed by atoms with E-state index in [-0.39, 0.29) is 31.3 Å². The molecule has 0 aromatic heterocycles. The van der Waals surface area contributed by atoms with Crippen LogP contribution in [-0.4, -0.2) is 5.78 Å². The Balaban J connectivity index is 0.00000220. The Morgan fingerprint density at radius 1 is 0.857 bits per heavy atom. The number of hydrogen-bond acceptors (Lipinski definition) is 3. The topological polar surface area (TPSA) is 69.1 Å². The second-order valence-electron chi connectivity index (χ2n) is 4.34. The minimum Gasteiger partial charge on any atom is -0.326 e. The van der Waals surface area contributed by atoms with Crippen molar-refractivity contribution in [1.29, 1.82) is 0 Å². The first-order valence-corrected chi connectivity index (χ1v) is 6.08. The third-order valence-electron chi connectivity index (χ3n) is 3.06. The van der Waals surface area contributed by atoms with Gasteiger partial charge in [0.25, 0.3) is 0 Å². The van der Waals surface area contributed by atoms with Gasteiger partial charge in [0.05, 0.1) is 0 Å². The van der Waals surface area contributed by atoms with Gasteiger partial charge in [0, 0.05) is 24.2 Å². The molecule has 0 amide bonds. The molecule has 0 saturated heterocycles. The second-order valence-corrected chi connectivity index (χ2v) is 4.34. The molecule has 2 aromatic carbocycles. The Morgan fingerprint density at radius 2 is 1.24 bits per heavy atom. The van der Waals surface area contributed by atoms with Crippen LogP contribution in [0.3, 0.4) is 0 Å². The maximum absolute atomic E-state index is 13.2. The van der Waals surface area contributed by atoms with E-state index in [0.29, 0.717) is 22.3 Å². The highest BCUT2D eigenvalue weighted by atomic mass is 35.5. The average Bonchev–Trinajstić information content (AvgIpc) is 2.46. The summed E-state index contributed by atoms with van der Waals surface area (Å²) in [5, 5.41) is 0. The predicted molar refractivity (Wildman–Crippen MR) is 79.3 cm³/mol. The second kappa shape index (κ2) is 7.26. The van der Waals surface area contributed by atoms with Crippen LogP contribution in [0.4, 0.5) is 8.78 Å². The van der Waals surface area contributed by atoms with Crippen molar-refractivity contribution in [3.05, 3.63) is 70.3 Å². The van der Waals surface area contributed by atoms with E-state index in [4.69, 9.17) is 11.5 Å². The van der Waals surface area contributed by atoms with Gasteiger partial charge in [-0.05, 0) is 47.5 Å². The molecule has 0 unspecified atom stereocenters. The maximum atomic E-state index is 13.2. The number of carbonyl (C=O) groups is 1. The summed E-state index contributed by atoms with van der Waals surface area (Å²) in [6, 6.07) is 7.58. The van der Waals surface area contributed by atoms with Gasteiger partial charge < -0.3 is 11.5 Å². The number of halogens is 3. The summed E-state index contributed by atoms with van der Waals surface area (Å²) in [6.07, 6.45) is 0. The van der Waals surface area contributed by atoms with Gasteiger partial charge in [-0.3, -0.25) is 4.79 Å². The fourth-order valence-electron chi connectivity index (χ4n) is 2.05. The number of benzene rings is 2. The van der Waals surface area contributed by atoms with Crippen LogP contribution in [-0.2, 0) is 13.1 Å². The molecule has 0 bridgehead atoms. The van der Waals surface area contributed by atoms with Crippen molar-refractivity contribution >= 4 is 18.2 Å². The standard InChI is InChI=1S/C15H14F2N2O.ClH/c16-11-1-3-13(9(5-11)7-18)15(20)14-4-2-12(17)6-10(14)8-19;/h1-6H,7-8,18-19H2;1H. The molecule has 2 aromatic rings. The summed E-state index contributed by atoms with van der Waals surface area (Å²) in [5.41, 5.74) is 12.5. The van der Waals surface area contributed by atoms with Gasteiger partial charge in [0.1, 0.15) is 11.6 Å². The van der Waals surface area contributed by atoms with Crippen molar-refractivity contribution in [1.82, 2.24) is 0 Å². The quantitative estimate of drug-likeness (QED) is 0.852.